The molecular weight excluding hydrogens is 393 g/mol. The van der Waals surface area contributed by atoms with Crippen molar-refractivity contribution in [1.82, 2.24) is 4.31 Å². The molecule has 2 aromatic rings. The molecule has 0 spiro atoms. The highest BCUT2D eigenvalue weighted by Crippen LogP contribution is 2.37. The number of halogens is 1. The summed E-state index contributed by atoms with van der Waals surface area (Å²) in [6, 6.07) is 9.71. The normalized spacial score (nSPS) is 16.4. The third kappa shape index (κ3) is 4.29. The fraction of sp³-hybridized carbons (Fsp3) is 0.294. The van der Waals surface area contributed by atoms with E-state index in [1.54, 1.807) is 6.07 Å². The van der Waals surface area contributed by atoms with Crippen molar-refractivity contribution in [3.63, 3.8) is 0 Å². The van der Waals surface area contributed by atoms with Crippen molar-refractivity contribution < 1.29 is 22.6 Å². The lowest BCUT2D eigenvalue weighted by molar-refractivity contribution is -0.883. The van der Waals surface area contributed by atoms with Gasteiger partial charge in [0.15, 0.2) is 0 Å². The molecule has 1 N–H and O–H groups in total. The van der Waals surface area contributed by atoms with Crippen LogP contribution in [0.1, 0.15) is 0 Å². The summed E-state index contributed by atoms with van der Waals surface area (Å²) >= 11 is 0.896. The third-order valence-corrected chi connectivity index (χ3v) is 7.41. The van der Waals surface area contributed by atoms with Crippen molar-refractivity contribution in [1.29, 1.82) is 0 Å². The Morgan fingerprint density at radius 2 is 1.81 bits per heavy atom. The molecule has 0 radical (unpaired) electrons. The molecule has 144 valence electrons. The average molecular weight is 412 g/mol. The summed E-state index contributed by atoms with van der Waals surface area (Å²) in [5.41, 5.74) is -0.357. The monoisotopic (exact) mass is 412 g/mol. The van der Waals surface area contributed by atoms with Crippen LogP contribution in [-0.4, -0.2) is 50.9 Å². The van der Waals surface area contributed by atoms with E-state index in [4.69, 9.17) is 0 Å². The predicted molar refractivity (Wildman–Crippen MR) is 99.0 cm³/mol. The van der Waals surface area contributed by atoms with Gasteiger partial charge in [-0.25, -0.2) is 12.8 Å². The van der Waals surface area contributed by atoms with Crippen LogP contribution < -0.4 is 4.90 Å². The van der Waals surface area contributed by atoms with Crippen LogP contribution in [0.2, 0.25) is 0 Å². The molecule has 3 rings (SSSR count). The minimum atomic E-state index is -3.81. The van der Waals surface area contributed by atoms with Gasteiger partial charge in [0.1, 0.15) is 5.82 Å². The first-order chi connectivity index (χ1) is 12.8. The molecule has 0 saturated carbocycles. The summed E-state index contributed by atoms with van der Waals surface area (Å²) < 4.78 is 40.8. The first-order valence-corrected chi connectivity index (χ1v) is 10.6. The summed E-state index contributed by atoms with van der Waals surface area (Å²) in [5.74, 6) is -0.492. The molecule has 0 aromatic heterocycles. The van der Waals surface area contributed by atoms with Gasteiger partial charge in [0.05, 0.1) is 47.9 Å². The van der Waals surface area contributed by atoms with Crippen LogP contribution in [0.25, 0.3) is 0 Å². The minimum Gasteiger partial charge on any atom is -0.335 e. The number of nitro benzene ring substituents is 1. The van der Waals surface area contributed by atoms with E-state index in [9.17, 15) is 22.9 Å². The van der Waals surface area contributed by atoms with Crippen molar-refractivity contribution in [2.24, 2.45) is 0 Å². The zero-order chi connectivity index (χ0) is 19.6. The molecular formula is C17H19FN3O4S2+. The van der Waals surface area contributed by atoms with Crippen LogP contribution in [0.5, 0.6) is 0 Å². The van der Waals surface area contributed by atoms with Crippen LogP contribution in [0.4, 0.5) is 10.1 Å². The first-order valence-electron chi connectivity index (χ1n) is 8.31. The Balaban J connectivity index is 1.94. The van der Waals surface area contributed by atoms with E-state index in [-0.39, 0.29) is 20.4 Å². The van der Waals surface area contributed by atoms with E-state index in [1.807, 2.05) is 7.05 Å². The summed E-state index contributed by atoms with van der Waals surface area (Å²) in [5, 5.41) is 11.5. The lowest BCUT2D eigenvalue weighted by atomic mass is 10.3. The fourth-order valence-electron chi connectivity index (χ4n) is 2.79. The first kappa shape index (κ1) is 19.7. The standard InChI is InChI=1S/C17H18FN3O4S2/c1-19-8-10-20(11-9-19)27(24,25)13-6-7-17(15(12-13)21(22)23)26-16-5-3-2-4-14(16)18/h2-7,12H,8-11H2,1H3/p+1. The number of nitro groups is 1. The van der Waals surface area contributed by atoms with Crippen LogP contribution in [0, 0.1) is 15.9 Å². The van der Waals surface area contributed by atoms with Crippen LogP contribution in [0.15, 0.2) is 57.2 Å². The second kappa shape index (κ2) is 7.93. The molecule has 1 fully saturated rings. The van der Waals surface area contributed by atoms with Crippen molar-refractivity contribution in [2.75, 3.05) is 33.2 Å². The molecule has 0 aliphatic carbocycles. The maximum absolute atomic E-state index is 13.9. The van der Waals surface area contributed by atoms with Gasteiger partial charge in [-0.1, -0.05) is 23.9 Å². The van der Waals surface area contributed by atoms with Gasteiger partial charge in [-0.3, -0.25) is 10.1 Å². The van der Waals surface area contributed by atoms with E-state index < -0.39 is 20.8 Å². The topological polar surface area (TPSA) is 85.0 Å². The van der Waals surface area contributed by atoms with Gasteiger partial charge in [-0.2, -0.15) is 4.31 Å². The smallest absolute Gasteiger partial charge is 0.284 e. The molecule has 10 heteroatoms. The average Bonchev–Trinajstić information content (AvgIpc) is 2.64. The van der Waals surface area contributed by atoms with Gasteiger partial charge in [0, 0.05) is 11.0 Å². The molecule has 27 heavy (non-hydrogen) atoms. The zero-order valence-corrected chi connectivity index (χ0v) is 16.2. The van der Waals surface area contributed by atoms with Crippen molar-refractivity contribution in [3.05, 3.63) is 58.4 Å². The van der Waals surface area contributed by atoms with E-state index in [2.05, 4.69) is 0 Å². The number of benzene rings is 2. The molecule has 0 amide bonds. The Morgan fingerprint density at radius 1 is 1.15 bits per heavy atom. The molecule has 7 nitrogen and oxygen atoms in total. The summed E-state index contributed by atoms with van der Waals surface area (Å²) in [6.45, 7) is 2.10. The zero-order valence-electron chi connectivity index (χ0n) is 14.6. The highest BCUT2D eigenvalue weighted by atomic mass is 32.2. The van der Waals surface area contributed by atoms with Crippen molar-refractivity contribution >= 4 is 27.5 Å². The van der Waals surface area contributed by atoms with Gasteiger partial charge in [0.25, 0.3) is 5.69 Å². The molecule has 0 atom stereocenters. The Hall–Kier alpha value is -2.01. The van der Waals surface area contributed by atoms with Gasteiger partial charge < -0.3 is 4.90 Å². The Bertz CT molecular complexity index is 960. The van der Waals surface area contributed by atoms with Gasteiger partial charge in [-0.05, 0) is 24.3 Å². The summed E-state index contributed by atoms with van der Waals surface area (Å²) in [7, 11) is -1.82. The molecule has 0 unspecified atom stereocenters. The largest absolute Gasteiger partial charge is 0.335 e. The number of piperazine rings is 1. The molecule has 1 aliphatic heterocycles. The summed E-state index contributed by atoms with van der Waals surface area (Å²) in [4.78, 5) is 12.4. The van der Waals surface area contributed by atoms with Crippen molar-refractivity contribution in [3.8, 4) is 0 Å². The molecule has 1 heterocycles. The Labute approximate surface area is 161 Å². The van der Waals surface area contributed by atoms with Gasteiger partial charge in [0.2, 0.25) is 10.0 Å². The number of rotatable bonds is 5. The molecule has 2 aromatic carbocycles. The quantitative estimate of drug-likeness (QED) is 0.593. The number of nitrogens with one attached hydrogen (secondary N) is 1. The number of quaternary nitrogens is 1. The van der Waals surface area contributed by atoms with E-state index in [0.29, 0.717) is 26.2 Å². The minimum absolute atomic E-state index is 0.119. The number of likely N-dealkylation sites (N-methyl/N-ethyl adjacent to an activating group) is 1. The molecule has 0 bridgehead atoms. The SMILES string of the molecule is C[NH+]1CCN(S(=O)(=O)c2ccc(Sc3ccccc3F)c([N+](=O)[O-])c2)CC1. The number of sulfonamides is 1. The maximum Gasteiger partial charge on any atom is 0.284 e. The lowest BCUT2D eigenvalue weighted by Crippen LogP contribution is -3.12. The van der Waals surface area contributed by atoms with E-state index in [0.717, 1.165) is 17.8 Å². The van der Waals surface area contributed by atoms with Crippen LogP contribution in [-0.2, 0) is 10.0 Å². The summed E-state index contributed by atoms with van der Waals surface area (Å²) in [6.07, 6.45) is 0. The van der Waals surface area contributed by atoms with E-state index in [1.165, 1.54) is 39.5 Å². The third-order valence-electron chi connectivity index (χ3n) is 4.40. The maximum atomic E-state index is 13.9. The fourth-order valence-corrected chi connectivity index (χ4v) is 5.18. The van der Waals surface area contributed by atoms with Crippen LogP contribution >= 0.6 is 11.8 Å². The number of hydrogen-bond acceptors (Lipinski definition) is 5. The number of hydrogen-bond donors (Lipinski definition) is 1. The van der Waals surface area contributed by atoms with E-state index >= 15 is 0 Å². The second-order valence-electron chi connectivity index (χ2n) is 6.28. The molecule has 1 saturated heterocycles. The molecule has 1 aliphatic rings. The van der Waals surface area contributed by atoms with Gasteiger partial charge in [-0.15, -0.1) is 0 Å². The predicted octanol–water partition coefficient (Wildman–Crippen LogP) is 1.40. The highest BCUT2D eigenvalue weighted by Gasteiger charge is 2.31. The number of nitrogens with zero attached hydrogens (tertiary/aromatic N) is 2. The second-order valence-corrected chi connectivity index (χ2v) is 9.30. The Kier molecular flexibility index (Phi) is 5.80. The Morgan fingerprint density at radius 3 is 2.44 bits per heavy atom. The highest BCUT2D eigenvalue weighted by molar-refractivity contribution is 7.99. The van der Waals surface area contributed by atoms with Gasteiger partial charge >= 0.3 is 0 Å². The van der Waals surface area contributed by atoms with Crippen molar-refractivity contribution in [2.45, 2.75) is 14.7 Å². The van der Waals surface area contributed by atoms with Crippen LogP contribution in [0.3, 0.4) is 0 Å². The lowest BCUT2D eigenvalue weighted by Gasteiger charge is -2.29.